The lowest BCUT2D eigenvalue weighted by Crippen LogP contribution is -2.48. The van der Waals surface area contributed by atoms with E-state index in [4.69, 9.17) is 11.6 Å². The van der Waals surface area contributed by atoms with Crippen molar-refractivity contribution in [1.29, 1.82) is 0 Å². The zero-order valence-electron chi connectivity index (χ0n) is 13.6. The molecule has 0 radical (unpaired) electrons. The summed E-state index contributed by atoms with van der Waals surface area (Å²) in [6, 6.07) is 5.65. The molecule has 1 aromatic rings. The van der Waals surface area contributed by atoms with Crippen LogP contribution in [0, 0.1) is 6.92 Å². The van der Waals surface area contributed by atoms with E-state index in [1.54, 1.807) is 6.07 Å². The lowest BCUT2D eigenvalue weighted by atomic mass is 10.2. The first-order chi connectivity index (χ1) is 10.6. The van der Waals surface area contributed by atoms with Crippen molar-refractivity contribution >= 4 is 23.2 Å². The average molecular weight is 324 g/mol. The second-order valence-electron chi connectivity index (χ2n) is 5.95. The van der Waals surface area contributed by atoms with Gasteiger partial charge in [0.05, 0.1) is 17.3 Å². The Bertz CT molecular complexity index is 478. The maximum atomic E-state index is 12.2. The summed E-state index contributed by atoms with van der Waals surface area (Å²) in [5, 5.41) is 3.54. The van der Waals surface area contributed by atoms with Gasteiger partial charge in [-0.25, -0.2) is 0 Å². The molecule has 1 aliphatic heterocycles. The monoisotopic (exact) mass is 323 g/mol. The SMILES string of the molecule is CCCCN1CCN(CC(=O)Nc2c(C)cccc2Cl)CC1. The van der Waals surface area contributed by atoms with Crippen LogP contribution in [0.1, 0.15) is 25.3 Å². The number of para-hydroxylation sites is 1. The van der Waals surface area contributed by atoms with Crippen LogP contribution in [0.3, 0.4) is 0 Å². The highest BCUT2D eigenvalue weighted by molar-refractivity contribution is 6.33. The first-order valence-electron chi connectivity index (χ1n) is 8.10. The summed E-state index contributed by atoms with van der Waals surface area (Å²) in [5.74, 6) is 0.0122. The number of halogens is 1. The minimum Gasteiger partial charge on any atom is -0.323 e. The van der Waals surface area contributed by atoms with Crippen LogP contribution < -0.4 is 5.32 Å². The molecule has 4 nitrogen and oxygen atoms in total. The van der Waals surface area contributed by atoms with Crippen LogP contribution in [0.15, 0.2) is 18.2 Å². The van der Waals surface area contributed by atoms with E-state index in [1.807, 2.05) is 19.1 Å². The molecular weight excluding hydrogens is 298 g/mol. The number of piperazine rings is 1. The third-order valence-electron chi connectivity index (χ3n) is 4.15. The van der Waals surface area contributed by atoms with Crippen LogP contribution >= 0.6 is 11.6 Å². The summed E-state index contributed by atoms with van der Waals surface area (Å²) >= 11 is 6.15. The van der Waals surface area contributed by atoms with E-state index >= 15 is 0 Å². The Morgan fingerprint density at radius 3 is 2.55 bits per heavy atom. The number of carbonyl (C=O) groups is 1. The molecule has 0 spiro atoms. The van der Waals surface area contributed by atoms with E-state index in [9.17, 15) is 4.79 Å². The highest BCUT2D eigenvalue weighted by Gasteiger charge is 2.19. The smallest absolute Gasteiger partial charge is 0.238 e. The highest BCUT2D eigenvalue weighted by Crippen LogP contribution is 2.25. The van der Waals surface area contributed by atoms with Gasteiger partial charge in [0.2, 0.25) is 5.91 Å². The predicted octanol–water partition coefficient (Wildman–Crippen LogP) is 3.00. The number of hydrogen-bond donors (Lipinski definition) is 1. The van der Waals surface area contributed by atoms with Gasteiger partial charge in [-0.1, -0.05) is 37.1 Å². The van der Waals surface area contributed by atoms with Gasteiger partial charge in [0, 0.05) is 26.2 Å². The second-order valence-corrected chi connectivity index (χ2v) is 6.36. The molecule has 2 rings (SSSR count). The van der Waals surface area contributed by atoms with E-state index in [-0.39, 0.29) is 5.91 Å². The lowest BCUT2D eigenvalue weighted by molar-refractivity contribution is -0.117. The molecule has 5 heteroatoms. The number of rotatable bonds is 6. The molecule has 0 aromatic heterocycles. The van der Waals surface area contributed by atoms with Crippen molar-refractivity contribution in [2.45, 2.75) is 26.7 Å². The standard InChI is InChI=1S/C17H26ClN3O/c1-3-4-8-20-9-11-21(12-10-20)13-16(22)19-17-14(2)6-5-7-15(17)18/h5-7H,3-4,8-13H2,1-2H3,(H,19,22). The molecule has 0 saturated carbocycles. The molecule has 0 atom stereocenters. The number of benzene rings is 1. The molecule has 0 bridgehead atoms. The lowest BCUT2D eigenvalue weighted by Gasteiger charge is -2.34. The van der Waals surface area contributed by atoms with Crippen LogP contribution in [0.5, 0.6) is 0 Å². The van der Waals surface area contributed by atoms with Gasteiger partial charge in [-0.05, 0) is 31.5 Å². The van der Waals surface area contributed by atoms with Gasteiger partial charge in [0.15, 0.2) is 0 Å². The van der Waals surface area contributed by atoms with Gasteiger partial charge in [-0.15, -0.1) is 0 Å². The van der Waals surface area contributed by atoms with Crippen LogP contribution in [0.25, 0.3) is 0 Å². The molecule has 1 amide bonds. The van der Waals surface area contributed by atoms with Gasteiger partial charge in [-0.2, -0.15) is 0 Å². The molecule has 1 N–H and O–H groups in total. The van der Waals surface area contributed by atoms with E-state index in [0.29, 0.717) is 11.6 Å². The van der Waals surface area contributed by atoms with Gasteiger partial charge in [0.25, 0.3) is 0 Å². The van der Waals surface area contributed by atoms with Crippen LogP contribution in [-0.4, -0.2) is 55.0 Å². The molecule has 0 unspecified atom stereocenters. The molecule has 1 aliphatic rings. The van der Waals surface area contributed by atoms with Crippen LogP contribution in [0.2, 0.25) is 5.02 Å². The fourth-order valence-electron chi connectivity index (χ4n) is 2.73. The maximum Gasteiger partial charge on any atom is 0.238 e. The third-order valence-corrected chi connectivity index (χ3v) is 4.46. The van der Waals surface area contributed by atoms with Gasteiger partial charge in [0.1, 0.15) is 0 Å². The first-order valence-corrected chi connectivity index (χ1v) is 8.47. The Hall–Kier alpha value is -1.10. The number of amides is 1. The zero-order chi connectivity index (χ0) is 15.9. The molecule has 122 valence electrons. The fraction of sp³-hybridized carbons (Fsp3) is 0.588. The van der Waals surface area contributed by atoms with Crippen molar-refractivity contribution in [2.75, 3.05) is 44.6 Å². The molecule has 1 saturated heterocycles. The molecule has 1 aromatic carbocycles. The summed E-state index contributed by atoms with van der Waals surface area (Å²) in [7, 11) is 0. The Balaban J connectivity index is 1.79. The fourth-order valence-corrected chi connectivity index (χ4v) is 2.99. The molecular formula is C17H26ClN3O. The molecule has 1 heterocycles. The van der Waals surface area contributed by atoms with Gasteiger partial charge >= 0.3 is 0 Å². The van der Waals surface area contributed by atoms with Crippen LogP contribution in [-0.2, 0) is 4.79 Å². The Kier molecular flexibility index (Phi) is 6.68. The van der Waals surface area contributed by atoms with Gasteiger partial charge < -0.3 is 10.2 Å². The summed E-state index contributed by atoms with van der Waals surface area (Å²) < 4.78 is 0. The van der Waals surface area contributed by atoms with E-state index in [2.05, 4.69) is 22.0 Å². The third kappa shape index (κ3) is 4.97. The van der Waals surface area contributed by atoms with Gasteiger partial charge in [-0.3, -0.25) is 9.69 Å². The normalized spacial score (nSPS) is 16.7. The van der Waals surface area contributed by atoms with Crippen LogP contribution in [0.4, 0.5) is 5.69 Å². The second kappa shape index (κ2) is 8.51. The maximum absolute atomic E-state index is 12.2. The zero-order valence-corrected chi connectivity index (χ0v) is 14.3. The van der Waals surface area contributed by atoms with Crippen molar-refractivity contribution in [3.8, 4) is 0 Å². The summed E-state index contributed by atoms with van der Waals surface area (Å²) in [4.78, 5) is 16.9. The van der Waals surface area contributed by atoms with E-state index < -0.39 is 0 Å². The average Bonchev–Trinajstić information content (AvgIpc) is 2.50. The largest absolute Gasteiger partial charge is 0.323 e. The number of anilines is 1. The Morgan fingerprint density at radius 1 is 1.23 bits per heavy atom. The van der Waals surface area contributed by atoms with Crippen molar-refractivity contribution in [1.82, 2.24) is 9.80 Å². The molecule has 22 heavy (non-hydrogen) atoms. The predicted molar refractivity (Wildman–Crippen MR) is 92.6 cm³/mol. The number of nitrogens with zero attached hydrogens (tertiary/aromatic N) is 2. The van der Waals surface area contributed by atoms with Crippen molar-refractivity contribution in [3.63, 3.8) is 0 Å². The van der Waals surface area contributed by atoms with E-state index in [1.165, 1.54) is 19.4 Å². The number of nitrogens with one attached hydrogen (secondary N) is 1. The summed E-state index contributed by atoms with van der Waals surface area (Å²) in [6.07, 6.45) is 2.49. The topological polar surface area (TPSA) is 35.6 Å². The van der Waals surface area contributed by atoms with E-state index in [0.717, 1.165) is 37.4 Å². The number of hydrogen-bond acceptors (Lipinski definition) is 3. The first kappa shape index (κ1) is 17.3. The van der Waals surface area contributed by atoms with Crippen molar-refractivity contribution < 1.29 is 4.79 Å². The Labute approximate surface area is 138 Å². The number of carbonyl (C=O) groups excluding carboxylic acids is 1. The van der Waals surface area contributed by atoms with Crippen molar-refractivity contribution in [3.05, 3.63) is 28.8 Å². The molecule has 1 fully saturated rings. The highest BCUT2D eigenvalue weighted by atomic mass is 35.5. The Morgan fingerprint density at radius 2 is 1.91 bits per heavy atom. The number of aryl methyl sites for hydroxylation is 1. The minimum atomic E-state index is 0.0122. The summed E-state index contributed by atoms with van der Waals surface area (Å²) in [5.41, 5.74) is 1.72. The molecule has 0 aliphatic carbocycles. The minimum absolute atomic E-state index is 0.0122. The quantitative estimate of drug-likeness (QED) is 0.874. The number of unbranched alkanes of at least 4 members (excludes halogenated alkanes) is 1. The summed E-state index contributed by atoms with van der Waals surface area (Å²) in [6.45, 7) is 9.81. The van der Waals surface area contributed by atoms with Crippen molar-refractivity contribution in [2.24, 2.45) is 0 Å².